The molecule has 1 atom stereocenters. The smallest absolute Gasteiger partial charge is 0.407 e. The van der Waals surface area contributed by atoms with Gasteiger partial charge in [0.1, 0.15) is 18.2 Å². The molecule has 226 valence electrons. The largest absolute Gasteiger partial charge is 0.445 e. The Labute approximate surface area is 246 Å². The molecule has 0 saturated carbocycles. The fourth-order valence-corrected chi connectivity index (χ4v) is 5.64. The molecule has 2 saturated heterocycles. The lowest BCUT2D eigenvalue weighted by atomic mass is 9.81. The van der Waals surface area contributed by atoms with Crippen LogP contribution in [0.2, 0.25) is 0 Å². The molecule has 0 unspecified atom stereocenters. The number of rotatable bonds is 14. The van der Waals surface area contributed by atoms with E-state index >= 15 is 0 Å². The van der Waals surface area contributed by atoms with Crippen LogP contribution < -0.4 is 10.6 Å². The SMILES string of the molecule is CCCN1C(=O)[C@H](CCCCNC(=O)OCc2ccccc2)NC(=O)C12CCN(CC=C(C)CCC=C(C)C)CC2. The maximum atomic E-state index is 13.6. The van der Waals surface area contributed by atoms with Crippen molar-refractivity contribution in [1.82, 2.24) is 20.4 Å². The zero-order valence-electron chi connectivity index (χ0n) is 25.5. The maximum Gasteiger partial charge on any atom is 0.407 e. The van der Waals surface area contributed by atoms with Crippen LogP contribution in [0.4, 0.5) is 4.79 Å². The fourth-order valence-electron chi connectivity index (χ4n) is 5.64. The third kappa shape index (κ3) is 9.73. The molecule has 0 radical (unpaired) electrons. The van der Waals surface area contributed by atoms with Crippen LogP contribution in [0.5, 0.6) is 0 Å². The molecule has 0 aromatic heterocycles. The van der Waals surface area contributed by atoms with Gasteiger partial charge in [-0.05, 0) is 77.7 Å². The second-order valence-electron chi connectivity index (χ2n) is 11.7. The topological polar surface area (TPSA) is 91.0 Å². The van der Waals surface area contributed by atoms with E-state index in [0.29, 0.717) is 38.8 Å². The number of benzene rings is 1. The predicted octanol–water partition coefficient (Wildman–Crippen LogP) is 5.35. The van der Waals surface area contributed by atoms with E-state index < -0.39 is 17.7 Å². The molecule has 8 nitrogen and oxygen atoms in total. The van der Waals surface area contributed by atoms with E-state index in [-0.39, 0.29) is 18.4 Å². The van der Waals surface area contributed by atoms with Crippen molar-refractivity contribution >= 4 is 17.9 Å². The highest BCUT2D eigenvalue weighted by molar-refractivity contribution is 6.00. The van der Waals surface area contributed by atoms with Crippen LogP contribution in [0.15, 0.2) is 53.6 Å². The summed E-state index contributed by atoms with van der Waals surface area (Å²) in [6.07, 6.45) is 10.4. The molecule has 1 spiro atoms. The van der Waals surface area contributed by atoms with Crippen molar-refractivity contribution in [2.75, 3.05) is 32.7 Å². The van der Waals surface area contributed by atoms with Crippen molar-refractivity contribution in [2.24, 2.45) is 0 Å². The number of hydrogen-bond acceptors (Lipinski definition) is 5. The van der Waals surface area contributed by atoms with E-state index in [2.05, 4.69) is 55.4 Å². The van der Waals surface area contributed by atoms with Gasteiger partial charge in [-0.2, -0.15) is 0 Å². The highest BCUT2D eigenvalue weighted by Gasteiger charge is 2.52. The van der Waals surface area contributed by atoms with E-state index in [1.807, 2.05) is 35.2 Å². The summed E-state index contributed by atoms with van der Waals surface area (Å²) in [5.74, 6) is 0.0244. The van der Waals surface area contributed by atoms with Gasteiger partial charge >= 0.3 is 6.09 Å². The van der Waals surface area contributed by atoms with Gasteiger partial charge in [-0.3, -0.25) is 14.5 Å². The average Bonchev–Trinajstić information content (AvgIpc) is 2.96. The van der Waals surface area contributed by atoms with Crippen molar-refractivity contribution in [3.8, 4) is 0 Å². The average molecular weight is 567 g/mol. The Morgan fingerprint density at radius 3 is 2.51 bits per heavy atom. The second kappa shape index (κ2) is 16.3. The number of hydrogen-bond donors (Lipinski definition) is 2. The summed E-state index contributed by atoms with van der Waals surface area (Å²) in [6.45, 7) is 12.3. The molecular weight excluding hydrogens is 516 g/mol. The van der Waals surface area contributed by atoms with Gasteiger partial charge in [0.25, 0.3) is 0 Å². The van der Waals surface area contributed by atoms with E-state index in [1.54, 1.807) is 0 Å². The van der Waals surface area contributed by atoms with Crippen LogP contribution in [0, 0.1) is 0 Å². The van der Waals surface area contributed by atoms with Crippen molar-refractivity contribution in [1.29, 1.82) is 0 Å². The number of carbonyl (C=O) groups is 3. The van der Waals surface area contributed by atoms with Gasteiger partial charge in [-0.15, -0.1) is 0 Å². The molecular formula is C33H50N4O4. The van der Waals surface area contributed by atoms with E-state index in [0.717, 1.165) is 50.9 Å². The molecule has 8 heteroatoms. The lowest BCUT2D eigenvalue weighted by Gasteiger charge is -2.51. The molecule has 2 aliphatic heterocycles. The van der Waals surface area contributed by atoms with E-state index in [1.165, 1.54) is 11.1 Å². The molecule has 0 bridgehead atoms. The van der Waals surface area contributed by atoms with Crippen molar-refractivity contribution in [3.63, 3.8) is 0 Å². The van der Waals surface area contributed by atoms with Gasteiger partial charge in [-0.25, -0.2) is 4.79 Å². The number of amides is 3. The Hall–Kier alpha value is -3.13. The quantitative estimate of drug-likeness (QED) is 0.234. The van der Waals surface area contributed by atoms with Gasteiger partial charge in [-0.1, -0.05) is 60.6 Å². The molecule has 0 aliphatic carbocycles. The van der Waals surface area contributed by atoms with Gasteiger partial charge in [0.15, 0.2) is 0 Å². The third-order valence-corrected chi connectivity index (χ3v) is 8.13. The van der Waals surface area contributed by atoms with Crippen molar-refractivity contribution < 1.29 is 19.1 Å². The monoisotopic (exact) mass is 566 g/mol. The Morgan fingerprint density at radius 1 is 1.10 bits per heavy atom. The van der Waals surface area contributed by atoms with Crippen LogP contribution in [0.1, 0.15) is 84.6 Å². The number of likely N-dealkylation sites (tertiary alicyclic amines) is 1. The first-order chi connectivity index (χ1) is 19.7. The molecule has 2 aliphatic rings. The molecule has 2 N–H and O–H groups in total. The van der Waals surface area contributed by atoms with E-state index in [4.69, 9.17) is 4.74 Å². The molecule has 1 aromatic rings. The minimum Gasteiger partial charge on any atom is -0.445 e. The number of ether oxygens (including phenoxy) is 1. The number of allylic oxidation sites excluding steroid dienone is 3. The molecule has 3 amide bonds. The molecule has 3 rings (SSSR count). The standard InChI is InChI=1S/C33H50N4O4/c1-5-21-37-30(38)29(16-9-10-20-34-32(40)41-25-28-14-7-6-8-15-28)35-31(39)33(37)18-23-36(24-19-33)22-17-27(4)13-11-12-26(2)3/h6-8,12,14-15,17,29H,5,9-11,13,16,18-25H2,1-4H3,(H,34,40)(H,35,39)/t29-/m0/s1. The number of unbranched alkanes of at least 4 members (excludes halogenated alkanes) is 1. The summed E-state index contributed by atoms with van der Waals surface area (Å²) in [5.41, 5.74) is 2.94. The molecule has 1 aromatic carbocycles. The lowest BCUT2D eigenvalue weighted by Crippen LogP contribution is -2.72. The second-order valence-corrected chi connectivity index (χ2v) is 11.7. The first kappa shape index (κ1) is 32.4. The molecule has 2 fully saturated rings. The normalized spacial score (nSPS) is 19.2. The number of alkyl carbamates (subject to hydrolysis) is 1. The van der Waals surface area contributed by atoms with Crippen LogP contribution >= 0.6 is 0 Å². The minimum atomic E-state index is -0.744. The Morgan fingerprint density at radius 2 is 1.83 bits per heavy atom. The molecule has 2 heterocycles. The van der Waals surface area contributed by atoms with Crippen LogP contribution in [0.3, 0.4) is 0 Å². The third-order valence-electron chi connectivity index (χ3n) is 8.13. The highest BCUT2D eigenvalue weighted by atomic mass is 16.5. The zero-order chi connectivity index (χ0) is 29.7. The van der Waals surface area contributed by atoms with Crippen LogP contribution in [-0.4, -0.2) is 72.0 Å². The van der Waals surface area contributed by atoms with Crippen molar-refractivity contribution in [3.05, 3.63) is 59.2 Å². The highest BCUT2D eigenvalue weighted by Crippen LogP contribution is 2.34. The number of nitrogens with one attached hydrogen (secondary N) is 2. The predicted molar refractivity (Wildman–Crippen MR) is 163 cm³/mol. The van der Waals surface area contributed by atoms with Crippen LogP contribution in [0.25, 0.3) is 0 Å². The van der Waals surface area contributed by atoms with E-state index in [9.17, 15) is 14.4 Å². The Balaban J connectivity index is 1.43. The minimum absolute atomic E-state index is 0.00809. The summed E-state index contributed by atoms with van der Waals surface area (Å²) >= 11 is 0. The zero-order valence-corrected chi connectivity index (χ0v) is 25.5. The van der Waals surface area contributed by atoms with Crippen molar-refractivity contribution in [2.45, 2.75) is 97.2 Å². The Bertz CT molecular complexity index is 1060. The van der Waals surface area contributed by atoms with Gasteiger partial charge in [0, 0.05) is 32.7 Å². The summed E-state index contributed by atoms with van der Waals surface area (Å²) in [5, 5.41) is 5.84. The Kier molecular flexibility index (Phi) is 12.9. The first-order valence-electron chi connectivity index (χ1n) is 15.3. The van der Waals surface area contributed by atoms with Gasteiger partial charge < -0.3 is 20.3 Å². The summed E-state index contributed by atoms with van der Waals surface area (Å²) < 4.78 is 5.24. The summed E-state index contributed by atoms with van der Waals surface area (Å²) in [4.78, 5) is 43.3. The summed E-state index contributed by atoms with van der Waals surface area (Å²) in [6, 6.07) is 9.04. The number of nitrogens with zero attached hydrogens (tertiary/aromatic N) is 2. The fraction of sp³-hybridized carbons (Fsp3) is 0.606. The van der Waals surface area contributed by atoms with Gasteiger partial charge in [0.05, 0.1) is 0 Å². The van der Waals surface area contributed by atoms with Gasteiger partial charge in [0.2, 0.25) is 11.8 Å². The number of piperidine rings is 1. The number of piperazine rings is 1. The maximum absolute atomic E-state index is 13.6. The number of carbonyl (C=O) groups excluding carboxylic acids is 3. The molecule has 41 heavy (non-hydrogen) atoms. The van der Waals surface area contributed by atoms with Crippen LogP contribution in [-0.2, 0) is 20.9 Å². The lowest BCUT2D eigenvalue weighted by molar-refractivity contribution is -0.161. The first-order valence-corrected chi connectivity index (χ1v) is 15.3. The summed E-state index contributed by atoms with van der Waals surface area (Å²) in [7, 11) is 0.